The van der Waals surface area contributed by atoms with E-state index in [9.17, 15) is 18.3 Å². The van der Waals surface area contributed by atoms with Crippen LogP contribution >= 0.6 is 0 Å². The normalized spacial score (nSPS) is 21.7. The number of carbonyl (C=O) groups excluding carboxylic acids is 1. The summed E-state index contributed by atoms with van der Waals surface area (Å²) in [7, 11) is 2.00. The summed E-state index contributed by atoms with van der Waals surface area (Å²) in [6, 6.07) is 5.33. The average Bonchev–Trinajstić information content (AvgIpc) is 2.68. The first-order valence-electron chi connectivity index (χ1n) is 9.72. The number of benzene rings is 1. The summed E-state index contributed by atoms with van der Waals surface area (Å²) >= 11 is 0. The Hall–Kier alpha value is -1.84. The third-order valence-corrected chi connectivity index (χ3v) is 6.70. The number of anilines is 1. The number of aliphatic hydroxyl groups is 1. The van der Waals surface area contributed by atoms with Gasteiger partial charge in [0.25, 0.3) is 0 Å². The Morgan fingerprint density at radius 1 is 1.31 bits per heavy atom. The largest absolute Gasteiger partial charge is 0.488 e. The van der Waals surface area contributed by atoms with Gasteiger partial charge in [0.05, 0.1) is 31.9 Å². The van der Waals surface area contributed by atoms with Crippen molar-refractivity contribution in [3.05, 3.63) is 23.8 Å². The second-order valence-electron chi connectivity index (χ2n) is 8.12. The Bertz CT molecular complexity index is 827. The monoisotopic (exact) mass is 427 g/mol. The van der Waals surface area contributed by atoms with Crippen LogP contribution in [0.15, 0.2) is 18.2 Å². The maximum Gasteiger partial charge on any atom is 0.227 e. The van der Waals surface area contributed by atoms with Gasteiger partial charge in [-0.25, -0.2) is 12.7 Å². The molecule has 1 amide bonds. The van der Waals surface area contributed by atoms with Crippen molar-refractivity contribution in [3.8, 4) is 5.75 Å². The summed E-state index contributed by atoms with van der Waals surface area (Å²) in [6.07, 6.45) is 0.870. The van der Waals surface area contributed by atoms with Crippen molar-refractivity contribution >= 4 is 21.6 Å². The number of fused-ring (bicyclic) bond motifs is 1. The van der Waals surface area contributed by atoms with Crippen molar-refractivity contribution < 1.29 is 23.1 Å². The van der Waals surface area contributed by atoms with Crippen molar-refractivity contribution in [2.75, 3.05) is 52.0 Å². The predicted octanol–water partition coefficient (Wildman–Crippen LogP) is 0.793. The van der Waals surface area contributed by atoms with Gasteiger partial charge < -0.3 is 19.6 Å². The molecule has 0 aliphatic carbocycles. The van der Waals surface area contributed by atoms with Gasteiger partial charge in [0, 0.05) is 44.9 Å². The van der Waals surface area contributed by atoms with E-state index >= 15 is 0 Å². The maximum absolute atomic E-state index is 13.0. The van der Waals surface area contributed by atoms with E-state index < -0.39 is 16.1 Å². The van der Waals surface area contributed by atoms with E-state index in [0.717, 1.165) is 17.5 Å². The van der Waals surface area contributed by atoms with Crippen molar-refractivity contribution in [1.29, 1.82) is 0 Å². The molecule has 8 nitrogen and oxygen atoms in total. The lowest BCUT2D eigenvalue weighted by molar-refractivity contribution is -0.134. The number of likely N-dealkylation sites (N-methyl/N-ethyl adjacent to an activating group) is 1. The second kappa shape index (κ2) is 9.32. The molecule has 29 heavy (non-hydrogen) atoms. The van der Waals surface area contributed by atoms with Gasteiger partial charge in [-0.2, -0.15) is 0 Å². The van der Waals surface area contributed by atoms with Gasteiger partial charge in [-0.05, 0) is 25.1 Å². The van der Waals surface area contributed by atoms with Gasteiger partial charge in [-0.1, -0.05) is 6.92 Å². The van der Waals surface area contributed by atoms with E-state index in [4.69, 9.17) is 4.74 Å². The summed E-state index contributed by atoms with van der Waals surface area (Å²) in [5.74, 6) is 0.356. The van der Waals surface area contributed by atoms with Crippen LogP contribution in [0.5, 0.6) is 5.75 Å². The molecule has 1 heterocycles. The smallest absolute Gasteiger partial charge is 0.227 e. The van der Waals surface area contributed by atoms with Crippen LogP contribution in [0.3, 0.4) is 0 Å². The number of amides is 1. The minimum Gasteiger partial charge on any atom is -0.488 e. The molecule has 0 bridgehead atoms. The summed E-state index contributed by atoms with van der Waals surface area (Å²) in [4.78, 5) is 16.7. The molecule has 1 aromatic rings. The molecule has 1 aromatic carbocycles. The van der Waals surface area contributed by atoms with Crippen LogP contribution in [0.25, 0.3) is 0 Å². The molecule has 0 fully saturated rings. The van der Waals surface area contributed by atoms with Crippen LogP contribution in [-0.4, -0.2) is 87.9 Å². The van der Waals surface area contributed by atoms with Gasteiger partial charge in [-0.3, -0.25) is 4.79 Å². The minimum atomic E-state index is -3.37. The van der Waals surface area contributed by atoms with Gasteiger partial charge in [0.15, 0.2) is 0 Å². The zero-order valence-corrected chi connectivity index (χ0v) is 18.9. The first kappa shape index (κ1) is 23.4. The highest BCUT2D eigenvalue weighted by Gasteiger charge is 2.32. The third kappa shape index (κ3) is 5.83. The summed E-state index contributed by atoms with van der Waals surface area (Å²) in [5.41, 5.74) is 1.69. The fraction of sp³-hybridized carbons (Fsp3) is 0.650. The number of nitrogens with zero attached hydrogens (tertiary/aromatic N) is 3. The molecule has 1 N–H and O–H groups in total. The SMILES string of the molecule is C[C@@H]1CN([C@H](C)CO)C(=O)Cc2cc(N(C)C)ccc2O[C@H]1CN(C)S(C)(=O)=O. The standard InChI is InChI=1S/C20H33N3O5S/c1-14-11-23(15(2)13-24)20(25)10-16-9-17(21(3)4)7-8-18(16)28-19(14)12-22(5)29(6,26)27/h7-9,14-15,19,24H,10-13H2,1-6H3/t14-,15-,19+/m1/s1. The van der Waals surface area contributed by atoms with Gasteiger partial charge in [-0.15, -0.1) is 0 Å². The van der Waals surface area contributed by atoms with Crippen LogP contribution in [0.2, 0.25) is 0 Å². The Morgan fingerprint density at radius 3 is 2.52 bits per heavy atom. The highest BCUT2D eigenvalue weighted by Crippen LogP contribution is 2.30. The zero-order valence-electron chi connectivity index (χ0n) is 18.1. The minimum absolute atomic E-state index is 0.0868. The fourth-order valence-corrected chi connectivity index (χ4v) is 3.72. The van der Waals surface area contributed by atoms with E-state index in [1.165, 1.54) is 11.4 Å². The highest BCUT2D eigenvalue weighted by atomic mass is 32.2. The molecule has 1 aliphatic heterocycles. The van der Waals surface area contributed by atoms with Gasteiger partial charge in [0.2, 0.25) is 15.9 Å². The number of aliphatic hydroxyl groups excluding tert-OH is 1. The lowest BCUT2D eigenvalue weighted by Crippen LogP contribution is -2.48. The molecule has 164 valence electrons. The summed E-state index contributed by atoms with van der Waals surface area (Å²) < 4.78 is 31.4. The Labute approximate surface area is 174 Å². The lowest BCUT2D eigenvalue weighted by Gasteiger charge is -2.33. The second-order valence-corrected chi connectivity index (χ2v) is 10.2. The molecule has 0 saturated carbocycles. The number of ether oxygens (including phenoxy) is 1. The number of sulfonamides is 1. The third-order valence-electron chi connectivity index (χ3n) is 5.42. The van der Waals surface area contributed by atoms with E-state index in [-0.39, 0.29) is 37.4 Å². The quantitative estimate of drug-likeness (QED) is 0.722. The van der Waals surface area contributed by atoms with Crippen molar-refractivity contribution in [2.45, 2.75) is 32.4 Å². The number of carbonyl (C=O) groups is 1. The molecular formula is C20H33N3O5S. The van der Waals surface area contributed by atoms with Crippen LogP contribution in [-0.2, 0) is 21.2 Å². The van der Waals surface area contributed by atoms with Crippen LogP contribution in [0.1, 0.15) is 19.4 Å². The van der Waals surface area contributed by atoms with Gasteiger partial charge >= 0.3 is 0 Å². The number of hydrogen-bond acceptors (Lipinski definition) is 6. The zero-order chi connectivity index (χ0) is 21.9. The molecule has 0 saturated heterocycles. The molecule has 2 rings (SSSR count). The summed E-state index contributed by atoms with van der Waals surface area (Å²) in [6.45, 7) is 4.14. The van der Waals surface area contributed by atoms with Gasteiger partial charge in [0.1, 0.15) is 11.9 Å². The predicted molar refractivity (Wildman–Crippen MR) is 114 cm³/mol. The van der Waals surface area contributed by atoms with Crippen LogP contribution in [0, 0.1) is 5.92 Å². The molecule has 0 spiro atoms. The topological polar surface area (TPSA) is 90.4 Å². The van der Waals surface area contributed by atoms with Crippen molar-refractivity contribution in [2.24, 2.45) is 5.92 Å². The van der Waals surface area contributed by atoms with E-state index in [0.29, 0.717) is 12.3 Å². The average molecular weight is 428 g/mol. The van der Waals surface area contributed by atoms with E-state index in [1.54, 1.807) is 11.8 Å². The summed E-state index contributed by atoms with van der Waals surface area (Å²) in [5, 5.41) is 9.63. The molecule has 3 atom stereocenters. The van der Waals surface area contributed by atoms with Crippen molar-refractivity contribution in [3.63, 3.8) is 0 Å². The maximum atomic E-state index is 13.0. The van der Waals surface area contributed by atoms with E-state index in [1.807, 2.05) is 44.1 Å². The van der Waals surface area contributed by atoms with E-state index in [2.05, 4.69) is 0 Å². The molecular weight excluding hydrogens is 394 g/mol. The molecule has 0 radical (unpaired) electrons. The van der Waals surface area contributed by atoms with Crippen molar-refractivity contribution in [1.82, 2.24) is 9.21 Å². The molecule has 0 unspecified atom stereocenters. The lowest BCUT2D eigenvalue weighted by atomic mass is 10.0. The Kier molecular flexibility index (Phi) is 7.53. The molecule has 1 aliphatic rings. The van der Waals surface area contributed by atoms with Crippen LogP contribution in [0.4, 0.5) is 5.69 Å². The number of rotatable bonds is 6. The fourth-order valence-electron chi connectivity index (χ4n) is 3.30. The highest BCUT2D eigenvalue weighted by molar-refractivity contribution is 7.88. The first-order valence-corrected chi connectivity index (χ1v) is 11.6. The molecule has 0 aromatic heterocycles. The Morgan fingerprint density at radius 2 is 1.97 bits per heavy atom. The Balaban J connectivity index is 2.48. The molecule has 9 heteroatoms. The first-order chi connectivity index (χ1) is 13.4. The number of hydrogen-bond donors (Lipinski definition) is 1. The van der Waals surface area contributed by atoms with Crippen LogP contribution < -0.4 is 9.64 Å².